The van der Waals surface area contributed by atoms with E-state index in [0.29, 0.717) is 31.4 Å². The largest absolute Gasteiger partial charge is 0.491 e. The highest BCUT2D eigenvalue weighted by atomic mass is 16.5. The maximum absolute atomic E-state index is 11.5. The number of ether oxygens (including phenoxy) is 1. The Labute approximate surface area is 112 Å². The summed E-state index contributed by atoms with van der Waals surface area (Å²) >= 11 is 0. The fourth-order valence-corrected chi connectivity index (χ4v) is 1.97. The molecule has 1 aliphatic heterocycles. The van der Waals surface area contributed by atoms with Crippen molar-refractivity contribution in [2.24, 2.45) is 0 Å². The number of amides is 1. The summed E-state index contributed by atoms with van der Waals surface area (Å²) in [6.45, 7) is 8.81. The topological polar surface area (TPSA) is 58.6 Å². The second kappa shape index (κ2) is 6.17. The molecule has 1 aromatic heterocycles. The number of aromatic nitrogens is 2. The van der Waals surface area contributed by atoms with E-state index in [9.17, 15) is 4.79 Å². The molecule has 1 aliphatic rings. The molecule has 0 unspecified atom stereocenters. The van der Waals surface area contributed by atoms with Gasteiger partial charge in [-0.05, 0) is 13.0 Å². The van der Waals surface area contributed by atoms with Gasteiger partial charge in [-0.15, -0.1) is 0 Å². The summed E-state index contributed by atoms with van der Waals surface area (Å²) in [5.74, 6) is 1.33. The van der Waals surface area contributed by atoms with E-state index >= 15 is 0 Å². The zero-order valence-electron chi connectivity index (χ0n) is 11.1. The summed E-state index contributed by atoms with van der Waals surface area (Å²) in [6.07, 6.45) is 4.70. The van der Waals surface area contributed by atoms with Crippen molar-refractivity contribution in [2.45, 2.75) is 6.92 Å². The highest BCUT2D eigenvalue weighted by molar-refractivity contribution is 5.87. The first-order valence-electron chi connectivity index (χ1n) is 6.35. The molecule has 6 nitrogen and oxygen atoms in total. The first-order valence-corrected chi connectivity index (χ1v) is 6.35. The third-order valence-corrected chi connectivity index (χ3v) is 2.97. The Kier molecular flexibility index (Phi) is 4.33. The van der Waals surface area contributed by atoms with E-state index in [0.717, 1.165) is 13.1 Å². The average molecular weight is 262 g/mol. The third-order valence-electron chi connectivity index (χ3n) is 2.97. The van der Waals surface area contributed by atoms with E-state index in [1.807, 2.05) is 6.92 Å². The Morgan fingerprint density at radius 2 is 2.00 bits per heavy atom. The van der Waals surface area contributed by atoms with Gasteiger partial charge in [-0.25, -0.2) is 9.97 Å². The fraction of sp³-hybridized carbons (Fsp3) is 0.462. The van der Waals surface area contributed by atoms with Crippen LogP contribution in [0, 0.1) is 0 Å². The van der Waals surface area contributed by atoms with Gasteiger partial charge in [0.05, 0.1) is 19.0 Å². The number of nitrogens with zero attached hydrogens (tertiary/aromatic N) is 4. The number of hydrogen-bond acceptors (Lipinski definition) is 5. The summed E-state index contributed by atoms with van der Waals surface area (Å²) < 4.78 is 5.30. The maximum atomic E-state index is 11.5. The summed E-state index contributed by atoms with van der Waals surface area (Å²) in [5.41, 5.74) is 0. The summed E-state index contributed by atoms with van der Waals surface area (Å²) in [7, 11) is 0. The molecule has 1 amide bonds. The SMILES string of the molecule is C=CC(=O)N1CCN(c2ncc(OCC)cn2)CC1. The van der Waals surface area contributed by atoms with Crippen molar-refractivity contribution < 1.29 is 9.53 Å². The number of anilines is 1. The highest BCUT2D eigenvalue weighted by Crippen LogP contribution is 2.14. The van der Waals surface area contributed by atoms with E-state index in [4.69, 9.17) is 4.74 Å². The van der Waals surface area contributed by atoms with Gasteiger partial charge in [-0.1, -0.05) is 6.58 Å². The number of hydrogen-bond donors (Lipinski definition) is 0. The van der Waals surface area contributed by atoms with Crippen LogP contribution in [-0.2, 0) is 4.79 Å². The molecule has 0 aromatic carbocycles. The van der Waals surface area contributed by atoms with Crippen LogP contribution < -0.4 is 9.64 Å². The molecule has 0 radical (unpaired) electrons. The van der Waals surface area contributed by atoms with Crippen molar-refractivity contribution >= 4 is 11.9 Å². The maximum Gasteiger partial charge on any atom is 0.246 e. The average Bonchev–Trinajstić information content (AvgIpc) is 2.48. The first kappa shape index (κ1) is 13.3. The Balaban J connectivity index is 1.93. The second-order valence-corrected chi connectivity index (χ2v) is 4.17. The van der Waals surface area contributed by atoms with E-state index in [1.54, 1.807) is 17.3 Å². The van der Waals surface area contributed by atoms with Crippen LogP contribution in [0.15, 0.2) is 25.0 Å². The van der Waals surface area contributed by atoms with Crippen LogP contribution >= 0.6 is 0 Å². The lowest BCUT2D eigenvalue weighted by Crippen LogP contribution is -2.48. The van der Waals surface area contributed by atoms with Crippen LogP contribution in [0.2, 0.25) is 0 Å². The molecule has 1 saturated heterocycles. The van der Waals surface area contributed by atoms with Crippen molar-refractivity contribution in [1.29, 1.82) is 0 Å². The van der Waals surface area contributed by atoms with Gasteiger partial charge in [-0.2, -0.15) is 0 Å². The molecule has 0 N–H and O–H groups in total. The monoisotopic (exact) mass is 262 g/mol. The number of piperazine rings is 1. The van der Waals surface area contributed by atoms with Crippen LogP contribution in [-0.4, -0.2) is 53.6 Å². The van der Waals surface area contributed by atoms with E-state index in [-0.39, 0.29) is 5.91 Å². The Hall–Kier alpha value is -2.11. The van der Waals surface area contributed by atoms with Gasteiger partial charge >= 0.3 is 0 Å². The van der Waals surface area contributed by atoms with Crippen LogP contribution in [0.5, 0.6) is 5.75 Å². The number of carbonyl (C=O) groups excluding carboxylic acids is 1. The van der Waals surface area contributed by atoms with Gasteiger partial charge in [-0.3, -0.25) is 4.79 Å². The number of rotatable bonds is 4. The molecule has 102 valence electrons. The fourth-order valence-electron chi connectivity index (χ4n) is 1.97. The lowest BCUT2D eigenvalue weighted by molar-refractivity contribution is -0.126. The van der Waals surface area contributed by atoms with Crippen molar-refractivity contribution in [2.75, 3.05) is 37.7 Å². The third kappa shape index (κ3) is 3.21. The molecule has 0 saturated carbocycles. The van der Waals surface area contributed by atoms with Crippen molar-refractivity contribution in [1.82, 2.24) is 14.9 Å². The lowest BCUT2D eigenvalue weighted by Gasteiger charge is -2.34. The van der Waals surface area contributed by atoms with Gasteiger partial charge < -0.3 is 14.5 Å². The van der Waals surface area contributed by atoms with Crippen molar-refractivity contribution in [3.63, 3.8) is 0 Å². The molecule has 6 heteroatoms. The lowest BCUT2D eigenvalue weighted by atomic mass is 10.3. The van der Waals surface area contributed by atoms with Gasteiger partial charge in [0.15, 0.2) is 5.75 Å². The molecular formula is C13H18N4O2. The molecule has 19 heavy (non-hydrogen) atoms. The minimum atomic E-state index is -0.0211. The molecule has 0 spiro atoms. The van der Waals surface area contributed by atoms with Gasteiger partial charge in [0, 0.05) is 26.2 Å². The number of carbonyl (C=O) groups is 1. The van der Waals surface area contributed by atoms with Crippen LogP contribution in [0.1, 0.15) is 6.92 Å². The first-order chi connectivity index (χ1) is 9.24. The van der Waals surface area contributed by atoms with E-state index in [1.165, 1.54) is 6.08 Å². The van der Waals surface area contributed by atoms with Crippen LogP contribution in [0.4, 0.5) is 5.95 Å². The predicted molar refractivity (Wildman–Crippen MR) is 72.2 cm³/mol. The molecular weight excluding hydrogens is 244 g/mol. The molecule has 0 atom stereocenters. The smallest absolute Gasteiger partial charge is 0.246 e. The van der Waals surface area contributed by atoms with Gasteiger partial charge in [0.1, 0.15) is 0 Å². The molecule has 1 aromatic rings. The summed E-state index contributed by atoms with van der Waals surface area (Å²) in [6, 6.07) is 0. The van der Waals surface area contributed by atoms with Crippen molar-refractivity contribution in [3.05, 3.63) is 25.0 Å². The minimum Gasteiger partial charge on any atom is -0.491 e. The Bertz CT molecular complexity index is 438. The van der Waals surface area contributed by atoms with E-state index in [2.05, 4.69) is 21.4 Å². The zero-order valence-corrected chi connectivity index (χ0v) is 11.1. The molecule has 0 aliphatic carbocycles. The van der Waals surface area contributed by atoms with E-state index < -0.39 is 0 Å². The second-order valence-electron chi connectivity index (χ2n) is 4.17. The van der Waals surface area contributed by atoms with Crippen molar-refractivity contribution in [3.8, 4) is 5.75 Å². The van der Waals surface area contributed by atoms with Gasteiger partial charge in [0.25, 0.3) is 0 Å². The molecule has 2 rings (SSSR count). The minimum absolute atomic E-state index is 0.0211. The predicted octanol–water partition coefficient (Wildman–Crippen LogP) is 0.710. The molecule has 1 fully saturated rings. The highest BCUT2D eigenvalue weighted by Gasteiger charge is 2.20. The quantitative estimate of drug-likeness (QED) is 0.748. The van der Waals surface area contributed by atoms with Crippen LogP contribution in [0.3, 0.4) is 0 Å². The normalized spacial score (nSPS) is 15.2. The summed E-state index contributed by atoms with van der Waals surface area (Å²) in [5, 5.41) is 0. The molecule has 2 heterocycles. The standard InChI is InChI=1S/C13H18N4O2/c1-3-12(18)16-5-7-17(8-6-16)13-14-9-11(10-15-13)19-4-2/h3,9-10H,1,4-8H2,2H3. The van der Waals surface area contributed by atoms with Gasteiger partial charge in [0.2, 0.25) is 11.9 Å². The summed E-state index contributed by atoms with van der Waals surface area (Å²) in [4.78, 5) is 23.9. The zero-order chi connectivity index (χ0) is 13.7. The Morgan fingerprint density at radius 1 is 1.37 bits per heavy atom. The molecule has 0 bridgehead atoms. The van der Waals surface area contributed by atoms with Crippen LogP contribution in [0.25, 0.3) is 0 Å². The Morgan fingerprint density at radius 3 is 2.53 bits per heavy atom.